The van der Waals surface area contributed by atoms with Gasteiger partial charge in [-0.3, -0.25) is 4.79 Å². The first kappa shape index (κ1) is 16.0. The average molecular weight is 327 g/mol. The second kappa shape index (κ2) is 7.14. The van der Waals surface area contributed by atoms with E-state index in [-0.39, 0.29) is 19.1 Å². The van der Waals surface area contributed by atoms with Crippen molar-refractivity contribution in [3.63, 3.8) is 0 Å². The largest absolute Gasteiger partial charge is 0.479 e. The molecule has 0 unspecified atom stereocenters. The first-order valence-corrected chi connectivity index (χ1v) is 7.60. The van der Waals surface area contributed by atoms with Gasteiger partial charge in [0.05, 0.1) is 13.2 Å². The van der Waals surface area contributed by atoms with Crippen LogP contribution in [0.2, 0.25) is 0 Å². The topological polar surface area (TPSA) is 76.1 Å². The number of ether oxygens (including phenoxy) is 2. The molecule has 1 N–H and O–H groups in total. The lowest BCUT2D eigenvalue weighted by molar-refractivity contribution is -0.154. The summed E-state index contributed by atoms with van der Waals surface area (Å²) in [5.74, 6) is -0.0637. The Bertz CT molecular complexity index is 731. The lowest BCUT2D eigenvalue weighted by Crippen LogP contribution is -2.48. The molecule has 1 fully saturated rings. The molecule has 6 heteroatoms. The molecule has 1 amide bonds. The van der Waals surface area contributed by atoms with Crippen molar-refractivity contribution in [3.05, 3.63) is 60.2 Å². The van der Waals surface area contributed by atoms with Crippen molar-refractivity contribution in [1.82, 2.24) is 4.90 Å². The van der Waals surface area contributed by atoms with Gasteiger partial charge in [-0.15, -0.1) is 0 Å². The van der Waals surface area contributed by atoms with Crippen LogP contribution in [-0.2, 0) is 9.53 Å². The standard InChI is InChI=1S/C18H17NO5/c20-17(19-9-10-23-16(12-19)18(21)22)13-5-4-8-15(11-13)24-14-6-2-1-3-7-14/h1-8,11,16H,9-10,12H2,(H,21,22)/t16-/m0/s1. The second-order valence-electron chi connectivity index (χ2n) is 5.39. The number of para-hydroxylation sites is 1. The van der Waals surface area contributed by atoms with Crippen molar-refractivity contribution >= 4 is 11.9 Å². The quantitative estimate of drug-likeness (QED) is 0.933. The highest BCUT2D eigenvalue weighted by atomic mass is 16.5. The number of hydrogen-bond donors (Lipinski definition) is 1. The Labute approximate surface area is 139 Å². The van der Waals surface area contributed by atoms with Crippen LogP contribution in [0.25, 0.3) is 0 Å². The Hall–Kier alpha value is -2.86. The first-order chi connectivity index (χ1) is 11.6. The third kappa shape index (κ3) is 3.72. The van der Waals surface area contributed by atoms with E-state index < -0.39 is 12.1 Å². The maximum absolute atomic E-state index is 12.6. The maximum atomic E-state index is 12.6. The summed E-state index contributed by atoms with van der Waals surface area (Å²) in [6.45, 7) is 0.618. The highest BCUT2D eigenvalue weighted by molar-refractivity contribution is 5.95. The van der Waals surface area contributed by atoms with E-state index in [1.165, 1.54) is 4.90 Å². The summed E-state index contributed by atoms with van der Waals surface area (Å²) in [5.41, 5.74) is 0.453. The highest BCUT2D eigenvalue weighted by Gasteiger charge is 2.29. The van der Waals surface area contributed by atoms with Crippen molar-refractivity contribution in [2.75, 3.05) is 19.7 Å². The number of nitrogens with zero attached hydrogens (tertiary/aromatic N) is 1. The van der Waals surface area contributed by atoms with Gasteiger partial charge >= 0.3 is 5.97 Å². The molecule has 124 valence electrons. The predicted molar refractivity (Wildman–Crippen MR) is 86.2 cm³/mol. The molecule has 1 aliphatic heterocycles. The number of hydrogen-bond acceptors (Lipinski definition) is 4. The van der Waals surface area contributed by atoms with Crippen molar-refractivity contribution in [1.29, 1.82) is 0 Å². The van der Waals surface area contributed by atoms with Gasteiger partial charge in [-0.2, -0.15) is 0 Å². The molecule has 0 aliphatic carbocycles. The monoisotopic (exact) mass is 327 g/mol. The third-order valence-electron chi connectivity index (χ3n) is 3.69. The molecule has 1 aliphatic rings. The molecule has 1 saturated heterocycles. The second-order valence-corrected chi connectivity index (χ2v) is 5.39. The highest BCUT2D eigenvalue weighted by Crippen LogP contribution is 2.22. The number of aliphatic carboxylic acids is 1. The van der Waals surface area contributed by atoms with Crippen molar-refractivity contribution in [3.8, 4) is 11.5 Å². The molecule has 2 aromatic rings. The summed E-state index contributed by atoms with van der Waals surface area (Å²) < 4.78 is 10.9. The molecule has 0 radical (unpaired) electrons. The number of carbonyl (C=O) groups excluding carboxylic acids is 1. The summed E-state index contributed by atoms with van der Waals surface area (Å²) in [6.07, 6.45) is -0.980. The summed E-state index contributed by atoms with van der Waals surface area (Å²) in [7, 11) is 0. The Balaban J connectivity index is 1.73. The molecule has 6 nitrogen and oxygen atoms in total. The molecule has 0 saturated carbocycles. The third-order valence-corrected chi connectivity index (χ3v) is 3.69. The molecular weight excluding hydrogens is 310 g/mol. The fourth-order valence-electron chi connectivity index (χ4n) is 2.48. The number of rotatable bonds is 4. The van der Waals surface area contributed by atoms with E-state index in [0.717, 1.165) is 0 Å². The smallest absolute Gasteiger partial charge is 0.334 e. The maximum Gasteiger partial charge on any atom is 0.334 e. The summed E-state index contributed by atoms with van der Waals surface area (Å²) in [6, 6.07) is 16.1. The van der Waals surface area contributed by atoms with E-state index in [4.69, 9.17) is 14.6 Å². The van der Waals surface area contributed by atoms with Crippen LogP contribution in [0.1, 0.15) is 10.4 Å². The van der Waals surface area contributed by atoms with Crippen LogP contribution in [0.5, 0.6) is 11.5 Å². The van der Waals surface area contributed by atoms with Gasteiger partial charge < -0.3 is 19.5 Å². The van der Waals surface area contributed by atoms with Gasteiger partial charge in [0.2, 0.25) is 0 Å². The zero-order chi connectivity index (χ0) is 16.9. The number of carboxylic acid groups (broad SMARTS) is 1. The minimum Gasteiger partial charge on any atom is -0.479 e. The molecule has 0 aromatic heterocycles. The van der Waals surface area contributed by atoms with Gasteiger partial charge in [0.1, 0.15) is 11.5 Å². The van der Waals surface area contributed by atoms with Gasteiger partial charge in [0.15, 0.2) is 6.10 Å². The van der Waals surface area contributed by atoms with E-state index >= 15 is 0 Å². The van der Waals surface area contributed by atoms with Crippen LogP contribution < -0.4 is 4.74 Å². The number of amides is 1. The average Bonchev–Trinajstić information content (AvgIpc) is 2.62. The number of carboxylic acids is 1. The van der Waals surface area contributed by atoms with Crippen molar-refractivity contribution < 1.29 is 24.2 Å². The Morgan fingerprint density at radius 3 is 2.58 bits per heavy atom. The normalized spacial score (nSPS) is 17.3. The Morgan fingerprint density at radius 2 is 1.83 bits per heavy atom. The van der Waals surface area contributed by atoms with Crippen LogP contribution in [0.15, 0.2) is 54.6 Å². The van der Waals surface area contributed by atoms with Crippen LogP contribution in [0.3, 0.4) is 0 Å². The summed E-state index contributed by atoms with van der Waals surface area (Å²) in [5, 5.41) is 9.03. The number of carbonyl (C=O) groups is 2. The lowest BCUT2D eigenvalue weighted by atomic mass is 10.1. The van der Waals surface area contributed by atoms with Crippen LogP contribution >= 0.6 is 0 Å². The fourth-order valence-corrected chi connectivity index (χ4v) is 2.48. The van der Waals surface area contributed by atoms with Gasteiger partial charge in [-0.1, -0.05) is 24.3 Å². The molecule has 2 aromatic carbocycles. The van der Waals surface area contributed by atoms with E-state index in [1.807, 2.05) is 30.3 Å². The van der Waals surface area contributed by atoms with E-state index in [0.29, 0.717) is 23.6 Å². The van der Waals surface area contributed by atoms with E-state index in [9.17, 15) is 9.59 Å². The molecular formula is C18H17NO5. The van der Waals surface area contributed by atoms with Gasteiger partial charge in [0, 0.05) is 12.1 Å². The molecule has 0 spiro atoms. The number of benzene rings is 2. The predicted octanol–water partition coefficient (Wildman–Crippen LogP) is 2.40. The molecule has 1 heterocycles. The van der Waals surface area contributed by atoms with Crippen LogP contribution in [-0.4, -0.2) is 47.7 Å². The molecule has 3 rings (SSSR count). The van der Waals surface area contributed by atoms with E-state index in [2.05, 4.69) is 0 Å². The summed E-state index contributed by atoms with van der Waals surface area (Å²) >= 11 is 0. The van der Waals surface area contributed by atoms with Gasteiger partial charge in [-0.25, -0.2) is 4.79 Å². The minimum absolute atomic E-state index is 0.0396. The fraction of sp³-hybridized carbons (Fsp3) is 0.222. The van der Waals surface area contributed by atoms with Crippen LogP contribution in [0.4, 0.5) is 0 Å². The zero-order valence-corrected chi connectivity index (χ0v) is 12.9. The van der Waals surface area contributed by atoms with Crippen molar-refractivity contribution in [2.24, 2.45) is 0 Å². The SMILES string of the molecule is O=C(O)[C@@H]1CN(C(=O)c2cccc(Oc3ccccc3)c2)CCO1. The number of morpholine rings is 1. The Morgan fingerprint density at radius 1 is 1.08 bits per heavy atom. The first-order valence-electron chi connectivity index (χ1n) is 7.60. The minimum atomic E-state index is -1.06. The Kier molecular flexibility index (Phi) is 4.77. The van der Waals surface area contributed by atoms with Crippen LogP contribution in [0, 0.1) is 0 Å². The molecule has 1 atom stereocenters. The summed E-state index contributed by atoms with van der Waals surface area (Å²) in [4.78, 5) is 25.1. The molecule has 0 bridgehead atoms. The van der Waals surface area contributed by atoms with Gasteiger partial charge in [0.25, 0.3) is 5.91 Å². The zero-order valence-electron chi connectivity index (χ0n) is 12.9. The van der Waals surface area contributed by atoms with Gasteiger partial charge in [-0.05, 0) is 30.3 Å². The lowest BCUT2D eigenvalue weighted by Gasteiger charge is -2.31. The van der Waals surface area contributed by atoms with Crippen molar-refractivity contribution in [2.45, 2.75) is 6.10 Å². The molecule has 24 heavy (non-hydrogen) atoms. The van der Waals surface area contributed by atoms with E-state index in [1.54, 1.807) is 24.3 Å².